The number of rotatable bonds is 1. The van der Waals surface area contributed by atoms with Gasteiger partial charge in [-0.1, -0.05) is 11.6 Å². The smallest absolute Gasteiger partial charge is 0.282 e. The van der Waals surface area contributed by atoms with E-state index in [1.165, 1.54) is 0 Å². The number of hydrogen-bond donors (Lipinski definition) is 0. The Bertz CT molecular complexity index is 444. The van der Waals surface area contributed by atoms with Crippen LogP contribution in [0.4, 0.5) is 8.78 Å². The number of hydrogen-bond acceptors (Lipinski definition) is 1. The van der Waals surface area contributed by atoms with E-state index in [2.05, 4.69) is 0 Å². The van der Waals surface area contributed by atoms with Gasteiger partial charge in [-0.2, -0.15) is 0 Å². The zero-order valence-electron chi connectivity index (χ0n) is 8.01. The molecule has 1 aromatic carbocycles. The molecule has 0 spiro atoms. The SMILES string of the molecule is O=C(c1cc(I)ccc1Cl)N1CC(F)(F)C1. The summed E-state index contributed by atoms with van der Waals surface area (Å²) in [5, 5.41) is 0.292. The van der Waals surface area contributed by atoms with Crippen LogP contribution in [0, 0.1) is 3.57 Å². The van der Waals surface area contributed by atoms with Crippen molar-refractivity contribution < 1.29 is 13.6 Å². The predicted octanol–water partition coefficient (Wildman–Crippen LogP) is 3.04. The molecule has 1 aromatic rings. The minimum absolute atomic E-state index is 0.282. The van der Waals surface area contributed by atoms with Crippen LogP contribution in [-0.4, -0.2) is 29.8 Å². The molecule has 2 nitrogen and oxygen atoms in total. The summed E-state index contributed by atoms with van der Waals surface area (Å²) in [5.41, 5.74) is 0.282. The van der Waals surface area contributed by atoms with Gasteiger partial charge in [-0.3, -0.25) is 4.79 Å². The quantitative estimate of drug-likeness (QED) is 0.708. The van der Waals surface area contributed by atoms with Crippen LogP contribution in [0.5, 0.6) is 0 Å². The molecule has 6 heteroatoms. The first-order valence-corrected chi connectivity index (χ1v) is 5.97. The molecule has 0 N–H and O–H groups in total. The molecule has 1 aliphatic heterocycles. The molecule has 0 atom stereocenters. The molecule has 2 rings (SSSR count). The minimum atomic E-state index is -2.75. The van der Waals surface area contributed by atoms with E-state index in [0.717, 1.165) is 8.47 Å². The lowest BCUT2D eigenvalue weighted by Gasteiger charge is -2.38. The molecule has 0 bridgehead atoms. The fraction of sp³-hybridized carbons (Fsp3) is 0.300. The van der Waals surface area contributed by atoms with Gasteiger partial charge in [-0.15, -0.1) is 0 Å². The maximum atomic E-state index is 12.6. The first-order valence-electron chi connectivity index (χ1n) is 4.51. The fourth-order valence-corrected chi connectivity index (χ4v) is 2.18. The van der Waals surface area contributed by atoms with Crippen molar-refractivity contribution in [2.24, 2.45) is 0 Å². The molecule has 86 valence electrons. The van der Waals surface area contributed by atoms with E-state index in [9.17, 15) is 13.6 Å². The summed E-state index contributed by atoms with van der Waals surface area (Å²) >= 11 is 7.89. The Morgan fingerprint density at radius 3 is 2.62 bits per heavy atom. The van der Waals surface area contributed by atoms with E-state index in [4.69, 9.17) is 11.6 Å². The Morgan fingerprint density at radius 2 is 2.06 bits per heavy atom. The third-order valence-electron chi connectivity index (χ3n) is 2.29. The largest absolute Gasteiger partial charge is 0.326 e. The summed E-state index contributed by atoms with van der Waals surface area (Å²) in [6, 6.07) is 4.95. The zero-order chi connectivity index (χ0) is 11.9. The molecule has 1 heterocycles. The van der Waals surface area contributed by atoms with Crippen molar-refractivity contribution in [2.75, 3.05) is 13.1 Å². The van der Waals surface area contributed by atoms with Crippen LogP contribution in [0.2, 0.25) is 5.02 Å². The molecule has 0 saturated carbocycles. The van der Waals surface area contributed by atoms with Crippen LogP contribution in [0.1, 0.15) is 10.4 Å². The third kappa shape index (κ3) is 2.29. The molecule has 1 aliphatic rings. The van der Waals surface area contributed by atoms with Gasteiger partial charge in [-0.25, -0.2) is 8.78 Å². The molecule has 1 amide bonds. The van der Waals surface area contributed by atoms with Gasteiger partial charge in [0.05, 0.1) is 23.7 Å². The lowest BCUT2D eigenvalue weighted by molar-refractivity contribution is -0.113. The second-order valence-corrected chi connectivity index (χ2v) is 5.29. The Labute approximate surface area is 110 Å². The van der Waals surface area contributed by atoms with E-state index in [-0.39, 0.29) is 5.56 Å². The Balaban J connectivity index is 2.19. The topological polar surface area (TPSA) is 20.3 Å². The standard InChI is InChI=1S/C10H7ClF2INO/c11-8-2-1-6(14)3-7(8)9(16)15-4-10(12,13)5-15/h1-3H,4-5H2. The molecule has 0 radical (unpaired) electrons. The molecular weight excluding hydrogens is 350 g/mol. The summed E-state index contributed by atoms with van der Waals surface area (Å²) in [6.45, 7) is -1.04. The Morgan fingerprint density at radius 1 is 1.44 bits per heavy atom. The summed E-state index contributed by atoms with van der Waals surface area (Å²) in [6.07, 6.45) is 0. The molecular formula is C10H7ClF2INO. The number of amides is 1. The van der Waals surface area contributed by atoms with Gasteiger partial charge in [-0.05, 0) is 40.8 Å². The first kappa shape index (κ1) is 12.0. The van der Waals surface area contributed by atoms with Crippen molar-refractivity contribution in [1.29, 1.82) is 0 Å². The van der Waals surface area contributed by atoms with Crippen LogP contribution in [0.15, 0.2) is 18.2 Å². The number of carbonyl (C=O) groups excluding carboxylic acids is 1. The number of benzene rings is 1. The molecule has 1 saturated heterocycles. The van der Waals surface area contributed by atoms with Crippen LogP contribution in [0.3, 0.4) is 0 Å². The predicted molar refractivity (Wildman–Crippen MR) is 65.0 cm³/mol. The van der Waals surface area contributed by atoms with E-state index >= 15 is 0 Å². The van der Waals surface area contributed by atoms with Gasteiger partial charge in [0.15, 0.2) is 0 Å². The average molecular weight is 358 g/mol. The molecule has 16 heavy (non-hydrogen) atoms. The highest BCUT2D eigenvalue weighted by Gasteiger charge is 2.46. The van der Waals surface area contributed by atoms with E-state index < -0.39 is 24.9 Å². The van der Waals surface area contributed by atoms with E-state index in [0.29, 0.717) is 5.02 Å². The number of alkyl halides is 2. The Hall–Kier alpha value is -0.430. The van der Waals surface area contributed by atoms with Gasteiger partial charge in [0, 0.05) is 3.57 Å². The van der Waals surface area contributed by atoms with Crippen LogP contribution >= 0.6 is 34.2 Å². The highest BCUT2D eigenvalue weighted by atomic mass is 127. The highest BCUT2D eigenvalue weighted by Crippen LogP contribution is 2.30. The van der Waals surface area contributed by atoms with E-state index in [1.807, 2.05) is 22.6 Å². The molecule has 0 aliphatic carbocycles. The van der Waals surface area contributed by atoms with Crippen LogP contribution in [-0.2, 0) is 0 Å². The summed E-state index contributed by atoms with van der Waals surface area (Å²) in [5.74, 6) is -3.18. The lowest BCUT2D eigenvalue weighted by Crippen LogP contribution is -2.58. The zero-order valence-corrected chi connectivity index (χ0v) is 10.9. The van der Waals surface area contributed by atoms with Gasteiger partial charge >= 0.3 is 0 Å². The maximum absolute atomic E-state index is 12.6. The van der Waals surface area contributed by atoms with Crippen molar-refractivity contribution in [3.8, 4) is 0 Å². The normalized spacial score (nSPS) is 18.1. The molecule has 0 unspecified atom stereocenters. The van der Waals surface area contributed by atoms with Crippen molar-refractivity contribution in [1.82, 2.24) is 4.90 Å². The second kappa shape index (κ2) is 4.10. The van der Waals surface area contributed by atoms with Crippen LogP contribution < -0.4 is 0 Å². The van der Waals surface area contributed by atoms with Crippen molar-refractivity contribution >= 4 is 40.1 Å². The van der Waals surface area contributed by atoms with Gasteiger partial charge < -0.3 is 4.90 Å². The summed E-state index contributed by atoms with van der Waals surface area (Å²) in [7, 11) is 0. The fourth-order valence-electron chi connectivity index (χ4n) is 1.49. The van der Waals surface area contributed by atoms with Crippen LogP contribution in [0.25, 0.3) is 0 Å². The minimum Gasteiger partial charge on any atom is -0.326 e. The molecule has 1 fully saturated rings. The van der Waals surface area contributed by atoms with Gasteiger partial charge in [0.1, 0.15) is 0 Å². The Kier molecular flexibility index (Phi) is 3.09. The van der Waals surface area contributed by atoms with Gasteiger partial charge in [0.2, 0.25) is 0 Å². The number of carbonyl (C=O) groups is 1. The number of likely N-dealkylation sites (tertiary alicyclic amines) is 1. The summed E-state index contributed by atoms with van der Waals surface area (Å²) in [4.78, 5) is 12.9. The van der Waals surface area contributed by atoms with Crippen molar-refractivity contribution in [3.63, 3.8) is 0 Å². The summed E-state index contributed by atoms with van der Waals surface area (Å²) < 4.78 is 26.1. The first-order chi connectivity index (χ1) is 7.39. The average Bonchev–Trinajstić information content (AvgIpc) is 2.17. The number of nitrogens with zero attached hydrogens (tertiary/aromatic N) is 1. The van der Waals surface area contributed by atoms with Crippen molar-refractivity contribution in [2.45, 2.75) is 5.92 Å². The third-order valence-corrected chi connectivity index (χ3v) is 3.29. The second-order valence-electron chi connectivity index (χ2n) is 3.64. The monoisotopic (exact) mass is 357 g/mol. The lowest BCUT2D eigenvalue weighted by atomic mass is 10.1. The van der Waals surface area contributed by atoms with E-state index in [1.54, 1.807) is 18.2 Å². The molecule has 0 aromatic heterocycles. The maximum Gasteiger partial charge on any atom is 0.282 e. The van der Waals surface area contributed by atoms with Crippen molar-refractivity contribution in [3.05, 3.63) is 32.4 Å². The highest BCUT2D eigenvalue weighted by molar-refractivity contribution is 14.1. The van der Waals surface area contributed by atoms with Gasteiger partial charge in [0.25, 0.3) is 11.8 Å². The number of halogens is 4.